The molecule has 25 heavy (non-hydrogen) atoms. The third-order valence-electron chi connectivity index (χ3n) is 4.98. The third kappa shape index (κ3) is 4.19. The Morgan fingerprint density at radius 3 is 2.80 bits per heavy atom. The number of hydrogen-bond donors (Lipinski definition) is 1. The smallest absolute Gasteiger partial charge is 0.332 e. The summed E-state index contributed by atoms with van der Waals surface area (Å²) in [5, 5.41) is 2.96. The van der Waals surface area contributed by atoms with Gasteiger partial charge in [-0.2, -0.15) is 0 Å². The average molecular weight is 346 g/mol. The number of ether oxygens (including phenoxy) is 2. The monoisotopic (exact) mass is 346 g/mol. The molecule has 1 N–H and O–H groups in total. The largest absolute Gasteiger partial charge is 0.467 e. The maximum Gasteiger partial charge on any atom is 0.332 e. The molecule has 1 unspecified atom stereocenters. The van der Waals surface area contributed by atoms with Crippen LogP contribution in [0.3, 0.4) is 0 Å². The van der Waals surface area contributed by atoms with E-state index in [2.05, 4.69) is 22.3 Å². The number of carbonyl (C=O) groups excluding carboxylic acids is 2. The maximum absolute atomic E-state index is 12.5. The zero-order chi connectivity index (χ0) is 17.7. The van der Waals surface area contributed by atoms with E-state index >= 15 is 0 Å². The first-order valence-corrected chi connectivity index (χ1v) is 8.91. The van der Waals surface area contributed by atoms with Crippen molar-refractivity contribution in [2.75, 3.05) is 26.8 Å². The number of esters is 1. The topological polar surface area (TPSA) is 67.9 Å². The van der Waals surface area contributed by atoms with E-state index in [4.69, 9.17) is 9.47 Å². The van der Waals surface area contributed by atoms with Crippen LogP contribution in [0, 0.1) is 0 Å². The first-order valence-electron chi connectivity index (χ1n) is 8.91. The number of hydrogen-bond acceptors (Lipinski definition) is 5. The zero-order valence-corrected chi connectivity index (χ0v) is 14.7. The lowest BCUT2D eigenvalue weighted by Crippen LogP contribution is -2.64. The number of likely N-dealkylation sites (tertiary alicyclic amines) is 1. The average Bonchev–Trinajstić information content (AvgIpc) is 3.17. The van der Waals surface area contributed by atoms with Crippen LogP contribution in [0.2, 0.25) is 0 Å². The van der Waals surface area contributed by atoms with Gasteiger partial charge >= 0.3 is 5.97 Å². The second kappa shape index (κ2) is 7.97. The van der Waals surface area contributed by atoms with E-state index in [-0.39, 0.29) is 11.9 Å². The van der Waals surface area contributed by atoms with Gasteiger partial charge in [0.2, 0.25) is 5.91 Å². The predicted octanol–water partition coefficient (Wildman–Crippen LogP) is 1.49. The number of rotatable bonds is 5. The Balaban J connectivity index is 1.72. The minimum Gasteiger partial charge on any atom is -0.467 e. The summed E-state index contributed by atoms with van der Waals surface area (Å²) in [6, 6.07) is 10.1. The van der Waals surface area contributed by atoms with E-state index in [1.54, 1.807) is 0 Å². The van der Waals surface area contributed by atoms with Crippen molar-refractivity contribution in [1.29, 1.82) is 0 Å². The van der Waals surface area contributed by atoms with Crippen molar-refractivity contribution in [2.24, 2.45) is 0 Å². The molecule has 0 aliphatic carbocycles. The van der Waals surface area contributed by atoms with Gasteiger partial charge in [0, 0.05) is 19.7 Å². The summed E-state index contributed by atoms with van der Waals surface area (Å²) in [6.45, 7) is 2.69. The van der Waals surface area contributed by atoms with E-state index in [1.165, 1.54) is 12.7 Å². The van der Waals surface area contributed by atoms with Gasteiger partial charge in [0.25, 0.3) is 0 Å². The van der Waals surface area contributed by atoms with Crippen LogP contribution in [0.1, 0.15) is 31.2 Å². The summed E-state index contributed by atoms with van der Waals surface area (Å²) < 4.78 is 10.5. The van der Waals surface area contributed by atoms with Crippen LogP contribution in [0.15, 0.2) is 30.3 Å². The Labute approximate surface area is 148 Å². The van der Waals surface area contributed by atoms with Crippen molar-refractivity contribution in [3.63, 3.8) is 0 Å². The van der Waals surface area contributed by atoms with Gasteiger partial charge in [0.05, 0.1) is 7.11 Å². The van der Waals surface area contributed by atoms with Crippen molar-refractivity contribution in [1.82, 2.24) is 10.2 Å². The second-order valence-electron chi connectivity index (χ2n) is 6.86. The van der Waals surface area contributed by atoms with Crippen molar-refractivity contribution in [3.05, 3.63) is 35.9 Å². The molecular formula is C19H26N2O4. The van der Waals surface area contributed by atoms with E-state index in [9.17, 15) is 9.59 Å². The summed E-state index contributed by atoms with van der Waals surface area (Å²) in [5.41, 5.74) is 0.193. The molecule has 6 nitrogen and oxygen atoms in total. The normalized spacial score (nSPS) is 27.0. The van der Waals surface area contributed by atoms with Crippen LogP contribution in [-0.2, 0) is 25.6 Å². The number of methoxy groups -OCH3 is 1. The first-order chi connectivity index (χ1) is 12.1. The molecule has 2 aliphatic rings. The summed E-state index contributed by atoms with van der Waals surface area (Å²) in [5.74, 6) is -0.582. The van der Waals surface area contributed by atoms with Crippen LogP contribution < -0.4 is 5.32 Å². The fourth-order valence-electron chi connectivity index (χ4n) is 3.74. The van der Waals surface area contributed by atoms with E-state index in [0.29, 0.717) is 26.0 Å². The highest BCUT2D eigenvalue weighted by Crippen LogP contribution is 2.25. The number of amides is 1. The highest BCUT2D eigenvalue weighted by atomic mass is 16.5. The molecule has 3 rings (SSSR count). The molecule has 1 amide bonds. The summed E-state index contributed by atoms with van der Waals surface area (Å²) in [7, 11) is 1.37. The van der Waals surface area contributed by atoms with Gasteiger partial charge in [0.1, 0.15) is 6.10 Å². The van der Waals surface area contributed by atoms with E-state index in [1.807, 2.05) is 18.2 Å². The molecule has 0 saturated carbocycles. The summed E-state index contributed by atoms with van der Waals surface area (Å²) >= 11 is 0. The van der Waals surface area contributed by atoms with Gasteiger partial charge < -0.3 is 14.8 Å². The van der Waals surface area contributed by atoms with Gasteiger partial charge in [-0.05, 0) is 37.8 Å². The zero-order valence-electron chi connectivity index (χ0n) is 14.7. The number of piperidine rings is 1. The van der Waals surface area contributed by atoms with Crippen LogP contribution in [0.4, 0.5) is 0 Å². The Morgan fingerprint density at radius 2 is 2.12 bits per heavy atom. The first kappa shape index (κ1) is 17.9. The minimum absolute atomic E-state index is 0.204. The second-order valence-corrected chi connectivity index (χ2v) is 6.86. The molecule has 0 aromatic heterocycles. The van der Waals surface area contributed by atoms with E-state index < -0.39 is 11.6 Å². The SMILES string of the molecule is COC(=O)C1(NC(=O)[C@H]2CCCO2)CCCN(Cc2ccccc2)C1. The number of carbonyl (C=O) groups is 2. The van der Waals surface area contributed by atoms with Crippen LogP contribution in [0.25, 0.3) is 0 Å². The predicted molar refractivity (Wildman–Crippen MR) is 92.8 cm³/mol. The highest BCUT2D eigenvalue weighted by Gasteiger charge is 2.45. The highest BCUT2D eigenvalue weighted by molar-refractivity contribution is 5.90. The number of benzene rings is 1. The minimum atomic E-state index is -0.995. The molecular weight excluding hydrogens is 320 g/mol. The fraction of sp³-hybridized carbons (Fsp3) is 0.579. The van der Waals surface area contributed by atoms with Crippen molar-refractivity contribution in [3.8, 4) is 0 Å². The molecule has 2 atom stereocenters. The molecule has 6 heteroatoms. The molecule has 1 aromatic carbocycles. The van der Waals surface area contributed by atoms with Crippen molar-refractivity contribution < 1.29 is 19.1 Å². The number of nitrogens with one attached hydrogen (secondary N) is 1. The van der Waals surface area contributed by atoms with Gasteiger partial charge in [-0.15, -0.1) is 0 Å². The maximum atomic E-state index is 12.5. The van der Waals surface area contributed by atoms with Gasteiger partial charge in [-0.25, -0.2) is 4.79 Å². The molecule has 2 saturated heterocycles. The fourth-order valence-corrected chi connectivity index (χ4v) is 3.74. The van der Waals surface area contributed by atoms with Gasteiger partial charge in [0.15, 0.2) is 5.54 Å². The lowest BCUT2D eigenvalue weighted by molar-refractivity contribution is -0.155. The molecule has 0 spiro atoms. The lowest BCUT2D eigenvalue weighted by Gasteiger charge is -2.41. The quantitative estimate of drug-likeness (QED) is 0.818. The summed E-state index contributed by atoms with van der Waals surface area (Å²) in [4.78, 5) is 27.3. The van der Waals surface area contributed by atoms with Crippen LogP contribution in [-0.4, -0.2) is 55.2 Å². The molecule has 2 heterocycles. The lowest BCUT2D eigenvalue weighted by atomic mass is 9.88. The van der Waals surface area contributed by atoms with Crippen LogP contribution >= 0.6 is 0 Å². The molecule has 0 bridgehead atoms. The molecule has 136 valence electrons. The number of nitrogens with zero attached hydrogens (tertiary/aromatic N) is 1. The standard InChI is InChI=1S/C19H26N2O4/c1-24-18(23)19(20-17(22)16-9-5-12-25-16)10-6-11-21(14-19)13-15-7-3-2-4-8-15/h2-4,7-8,16H,5-6,9-14H2,1H3,(H,20,22)/t16-,19?/m1/s1. The molecule has 2 aliphatic heterocycles. The van der Waals surface area contributed by atoms with Gasteiger partial charge in [-0.1, -0.05) is 30.3 Å². The molecule has 0 radical (unpaired) electrons. The Hall–Kier alpha value is -1.92. The molecule has 1 aromatic rings. The van der Waals surface area contributed by atoms with Crippen LogP contribution in [0.5, 0.6) is 0 Å². The van der Waals surface area contributed by atoms with E-state index in [0.717, 1.165) is 25.9 Å². The third-order valence-corrected chi connectivity index (χ3v) is 4.98. The van der Waals surface area contributed by atoms with Crippen molar-refractivity contribution in [2.45, 2.75) is 43.9 Å². The Kier molecular flexibility index (Phi) is 5.71. The van der Waals surface area contributed by atoms with Crippen molar-refractivity contribution >= 4 is 11.9 Å². The molecule has 2 fully saturated rings. The Bertz CT molecular complexity index is 601. The Morgan fingerprint density at radius 1 is 1.32 bits per heavy atom. The summed E-state index contributed by atoms with van der Waals surface area (Å²) in [6.07, 6.45) is 2.54. The van der Waals surface area contributed by atoms with Gasteiger partial charge in [-0.3, -0.25) is 9.69 Å².